The highest BCUT2D eigenvalue weighted by atomic mass is 16.5. The zero-order chi connectivity index (χ0) is 20.2. The molecule has 8 heteroatoms. The number of rotatable bonds is 7. The van der Waals surface area contributed by atoms with Gasteiger partial charge in [0, 0.05) is 18.1 Å². The van der Waals surface area contributed by atoms with E-state index in [2.05, 4.69) is 10.3 Å². The summed E-state index contributed by atoms with van der Waals surface area (Å²) in [7, 11) is 1.63. The molecule has 0 aliphatic heterocycles. The first kappa shape index (κ1) is 18.6. The summed E-state index contributed by atoms with van der Waals surface area (Å²) < 4.78 is 12.4. The lowest BCUT2D eigenvalue weighted by Gasteiger charge is -2.09. The van der Waals surface area contributed by atoms with Crippen molar-refractivity contribution in [1.82, 2.24) is 20.0 Å². The Balaban J connectivity index is 1.64. The van der Waals surface area contributed by atoms with E-state index in [0.717, 1.165) is 16.6 Å². The second-order valence-corrected chi connectivity index (χ2v) is 6.33. The number of hydrogen-bond acceptors (Lipinski definition) is 6. The summed E-state index contributed by atoms with van der Waals surface area (Å²) in [6.45, 7) is 0.942. The van der Waals surface area contributed by atoms with E-state index < -0.39 is 5.91 Å². The van der Waals surface area contributed by atoms with Crippen LogP contribution in [-0.4, -0.2) is 46.2 Å². The summed E-state index contributed by atoms with van der Waals surface area (Å²) in [5, 5.41) is 9.36. The number of ether oxygens (including phenoxy) is 2. The molecule has 4 rings (SSSR count). The van der Waals surface area contributed by atoms with E-state index in [4.69, 9.17) is 20.2 Å². The minimum absolute atomic E-state index is 0.436. The normalized spacial score (nSPS) is 10.9. The number of pyridine rings is 1. The van der Waals surface area contributed by atoms with Gasteiger partial charge < -0.3 is 15.2 Å². The van der Waals surface area contributed by atoms with Crippen LogP contribution >= 0.6 is 0 Å². The average Bonchev–Trinajstić information content (AvgIpc) is 3.24. The molecule has 0 saturated carbocycles. The van der Waals surface area contributed by atoms with Crippen molar-refractivity contribution in [2.24, 2.45) is 5.73 Å². The van der Waals surface area contributed by atoms with Gasteiger partial charge in [0.1, 0.15) is 23.6 Å². The number of amides is 1. The minimum Gasteiger partial charge on any atom is -0.489 e. The molecule has 29 heavy (non-hydrogen) atoms. The van der Waals surface area contributed by atoms with Gasteiger partial charge in [0.2, 0.25) is 5.91 Å². The monoisotopic (exact) mass is 389 g/mol. The molecule has 2 N–H and O–H groups in total. The van der Waals surface area contributed by atoms with E-state index in [0.29, 0.717) is 35.9 Å². The van der Waals surface area contributed by atoms with Gasteiger partial charge in [0.15, 0.2) is 0 Å². The molecular formula is C21H19N5O3. The van der Waals surface area contributed by atoms with E-state index in [-0.39, 0.29) is 0 Å². The van der Waals surface area contributed by atoms with Crippen LogP contribution in [0.25, 0.3) is 28.0 Å². The van der Waals surface area contributed by atoms with Gasteiger partial charge in [-0.3, -0.25) is 4.79 Å². The zero-order valence-electron chi connectivity index (χ0n) is 15.8. The van der Waals surface area contributed by atoms with Crippen LogP contribution in [-0.2, 0) is 4.74 Å². The van der Waals surface area contributed by atoms with Crippen molar-refractivity contribution in [3.8, 4) is 22.8 Å². The molecule has 4 aromatic rings. The SMILES string of the molecule is COCCOc1cccc2ccc(-c3cn(-c4ccc(C(N)=O)cc4)nn3)nc12. The number of aromatic nitrogens is 4. The standard InChI is InChI=1S/C21H19N5O3/c1-28-11-12-29-19-4-2-3-14-7-10-17(23-20(14)19)18-13-26(25-24-18)16-8-5-15(6-9-16)21(22)27/h2-10,13H,11-12H2,1H3,(H2,22,27). The van der Waals surface area contributed by atoms with Crippen molar-refractivity contribution >= 4 is 16.8 Å². The molecule has 2 heterocycles. The first-order valence-corrected chi connectivity index (χ1v) is 9.00. The number of hydrogen-bond donors (Lipinski definition) is 1. The van der Waals surface area contributed by atoms with Gasteiger partial charge in [-0.05, 0) is 36.4 Å². The molecular weight excluding hydrogens is 370 g/mol. The summed E-state index contributed by atoms with van der Waals surface area (Å²) in [4.78, 5) is 15.9. The Bertz CT molecular complexity index is 1150. The molecule has 8 nitrogen and oxygen atoms in total. The number of carbonyl (C=O) groups is 1. The van der Waals surface area contributed by atoms with E-state index in [1.54, 1.807) is 42.3 Å². The predicted octanol–water partition coefficient (Wildman–Crippen LogP) is 2.61. The maximum absolute atomic E-state index is 11.2. The minimum atomic E-state index is -0.472. The van der Waals surface area contributed by atoms with Crippen LogP contribution in [0.4, 0.5) is 0 Å². The third-order valence-electron chi connectivity index (χ3n) is 4.40. The van der Waals surface area contributed by atoms with Crippen molar-refractivity contribution in [1.29, 1.82) is 0 Å². The molecule has 0 saturated heterocycles. The number of nitrogens with zero attached hydrogens (tertiary/aromatic N) is 4. The fraction of sp³-hybridized carbons (Fsp3) is 0.143. The van der Waals surface area contributed by atoms with Gasteiger partial charge in [-0.2, -0.15) is 0 Å². The van der Waals surface area contributed by atoms with Crippen LogP contribution in [0.2, 0.25) is 0 Å². The lowest BCUT2D eigenvalue weighted by molar-refractivity contribution is 0.100. The average molecular weight is 389 g/mol. The number of benzene rings is 2. The van der Waals surface area contributed by atoms with Crippen LogP contribution in [0.5, 0.6) is 5.75 Å². The highest BCUT2D eigenvalue weighted by Crippen LogP contribution is 2.27. The first-order chi connectivity index (χ1) is 14.2. The molecule has 0 atom stereocenters. The molecule has 146 valence electrons. The Morgan fingerprint density at radius 1 is 1.03 bits per heavy atom. The van der Waals surface area contributed by atoms with Gasteiger partial charge >= 0.3 is 0 Å². The van der Waals surface area contributed by atoms with Crippen molar-refractivity contribution in [2.75, 3.05) is 20.3 Å². The Kier molecular flexibility index (Phi) is 5.17. The molecule has 0 aliphatic rings. The number of carbonyl (C=O) groups excluding carboxylic acids is 1. The number of para-hydroxylation sites is 1. The van der Waals surface area contributed by atoms with E-state index >= 15 is 0 Å². The first-order valence-electron chi connectivity index (χ1n) is 9.00. The third-order valence-corrected chi connectivity index (χ3v) is 4.40. The van der Waals surface area contributed by atoms with Crippen molar-refractivity contribution in [3.05, 3.63) is 66.4 Å². The van der Waals surface area contributed by atoms with Gasteiger partial charge in [-0.15, -0.1) is 5.10 Å². The molecule has 0 radical (unpaired) electrons. The smallest absolute Gasteiger partial charge is 0.248 e. The second-order valence-electron chi connectivity index (χ2n) is 6.33. The lowest BCUT2D eigenvalue weighted by atomic mass is 10.1. The molecule has 1 amide bonds. The summed E-state index contributed by atoms with van der Waals surface area (Å²) in [6.07, 6.45) is 1.78. The maximum atomic E-state index is 11.2. The van der Waals surface area contributed by atoms with Crippen LogP contribution in [0, 0.1) is 0 Å². The zero-order valence-corrected chi connectivity index (χ0v) is 15.8. The highest BCUT2D eigenvalue weighted by molar-refractivity contribution is 5.92. The summed E-state index contributed by atoms with van der Waals surface area (Å²) in [5.41, 5.74) is 8.53. The fourth-order valence-corrected chi connectivity index (χ4v) is 2.90. The number of methoxy groups -OCH3 is 1. The molecule has 0 bridgehead atoms. The molecule has 0 unspecified atom stereocenters. The molecule has 0 aliphatic carbocycles. The van der Waals surface area contributed by atoms with E-state index in [1.165, 1.54) is 0 Å². The summed E-state index contributed by atoms with van der Waals surface area (Å²) >= 11 is 0. The van der Waals surface area contributed by atoms with Crippen molar-refractivity contribution in [3.63, 3.8) is 0 Å². The fourth-order valence-electron chi connectivity index (χ4n) is 2.90. The largest absolute Gasteiger partial charge is 0.489 e. The summed E-state index contributed by atoms with van der Waals surface area (Å²) in [5.74, 6) is 0.218. The molecule has 2 aromatic heterocycles. The van der Waals surface area contributed by atoms with Gasteiger partial charge in [-0.1, -0.05) is 23.4 Å². The number of fused-ring (bicyclic) bond motifs is 1. The van der Waals surface area contributed by atoms with Crippen LogP contribution in [0.3, 0.4) is 0 Å². The van der Waals surface area contributed by atoms with Crippen LogP contribution in [0.1, 0.15) is 10.4 Å². The Labute approximate surface area is 166 Å². The highest BCUT2D eigenvalue weighted by Gasteiger charge is 2.11. The lowest BCUT2D eigenvalue weighted by Crippen LogP contribution is -2.10. The predicted molar refractivity (Wildman–Crippen MR) is 108 cm³/mol. The Morgan fingerprint density at radius 2 is 1.86 bits per heavy atom. The van der Waals surface area contributed by atoms with Gasteiger partial charge in [0.05, 0.1) is 24.2 Å². The Morgan fingerprint density at radius 3 is 2.62 bits per heavy atom. The molecule has 2 aromatic carbocycles. The Hall–Kier alpha value is -3.78. The van der Waals surface area contributed by atoms with Crippen molar-refractivity contribution in [2.45, 2.75) is 0 Å². The van der Waals surface area contributed by atoms with E-state index in [1.807, 2.05) is 30.3 Å². The quantitative estimate of drug-likeness (QED) is 0.487. The molecule has 0 fully saturated rings. The maximum Gasteiger partial charge on any atom is 0.248 e. The topological polar surface area (TPSA) is 105 Å². The van der Waals surface area contributed by atoms with Gasteiger partial charge in [0.25, 0.3) is 0 Å². The number of nitrogens with two attached hydrogens (primary N) is 1. The summed E-state index contributed by atoms with van der Waals surface area (Å²) in [6, 6.07) is 16.5. The van der Waals surface area contributed by atoms with Crippen molar-refractivity contribution < 1.29 is 14.3 Å². The van der Waals surface area contributed by atoms with Crippen LogP contribution < -0.4 is 10.5 Å². The van der Waals surface area contributed by atoms with Gasteiger partial charge in [-0.25, -0.2) is 9.67 Å². The van der Waals surface area contributed by atoms with E-state index in [9.17, 15) is 4.79 Å². The van der Waals surface area contributed by atoms with Crippen LogP contribution in [0.15, 0.2) is 60.8 Å². The second kappa shape index (κ2) is 8.07. The molecule has 0 spiro atoms. The third kappa shape index (κ3) is 3.92. The number of primary amides is 1.